The minimum absolute atomic E-state index is 0.526. The Morgan fingerprint density at radius 2 is 2.08 bits per heavy atom. The lowest BCUT2D eigenvalue weighted by Gasteiger charge is -2.24. The minimum Gasteiger partial charge on any atom is -0.346 e. The molecule has 3 heteroatoms. The van der Waals surface area contributed by atoms with Gasteiger partial charge < -0.3 is 10.3 Å². The fourth-order valence-electron chi connectivity index (χ4n) is 1.74. The molecule has 0 radical (unpaired) electrons. The lowest BCUT2D eigenvalue weighted by Crippen LogP contribution is -2.40. The summed E-state index contributed by atoms with van der Waals surface area (Å²) in [6, 6.07) is 0. The second-order valence-electron chi connectivity index (χ2n) is 4.14. The number of aromatic amines is 1. The second kappa shape index (κ2) is 3.14. The quantitative estimate of drug-likeness (QED) is 0.722. The molecule has 0 aromatic carbocycles. The Morgan fingerprint density at radius 3 is 2.46 bits per heavy atom. The summed E-state index contributed by atoms with van der Waals surface area (Å²) < 4.78 is 0. The SMILES string of the molecule is Cc1[nH]c(C2CNC2)nc1C(C)C. The van der Waals surface area contributed by atoms with Crippen LogP contribution in [-0.4, -0.2) is 23.1 Å². The Morgan fingerprint density at radius 1 is 1.38 bits per heavy atom. The molecule has 2 N–H and O–H groups in total. The highest BCUT2D eigenvalue weighted by Gasteiger charge is 2.23. The van der Waals surface area contributed by atoms with Crippen LogP contribution in [0.25, 0.3) is 0 Å². The molecule has 1 fully saturated rings. The van der Waals surface area contributed by atoms with Crippen molar-refractivity contribution in [2.24, 2.45) is 0 Å². The Balaban J connectivity index is 2.23. The van der Waals surface area contributed by atoms with Crippen LogP contribution in [0.3, 0.4) is 0 Å². The number of rotatable bonds is 2. The third-order valence-electron chi connectivity index (χ3n) is 2.66. The third-order valence-corrected chi connectivity index (χ3v) is 2.66. The van der Waals surface area contributed by atoms with Crippen LogP contribution in [0.1, 0.15) is 42.9 Å². The van der Waals surface area contributed by atoms with Gasteiger partial charge in [0.15, 0.2) is 0 Å². The van der Waals surface area contributed by atoms with Crippen LogP contribution >= 0.6 is 0 Å². The Labute approximate surface area is 79.0 Å². The molecule has 3 nitrogen and oxygen atoms in total. The van der Waals surface area contributed by atoms with Crippen LogP contribution in [-0.2, 0) is 0 Å². The first-order chi connectivity index (χ1) is 6.18. The van der Waals surface area contributed by atoms with Gasteiger partial charge in [-0.15, -0.1) is 0 Å². The van der Waals surface area contributed by atoms with Crippen LogP contribution in [0, 0.1) is 6.92 Å². The molecule has 2 heterocycles. The maximum absolute atomic E-state index is 4.64. The number of nitrogens with zero attached hydrogens (tertiary/aromatic N) is 1. The van der Waals surface area contributed by atoms with Crippen molar-refractivity contribution in [3.8, 4) is 0 Å². The van der Waals surface area contributed by atoms with Gasteiger partial charge >= 0.3 is 0 Å². The maximum atomic E-state index is 4.64. The van der Waals surface area contributed by atoms with E-state index < -0.39 is 0 Å². The zero-order valence-electron chi connectivity index (χ0n) is 8.52. The van der Waals surface area contributed by atoms with Crippen molar-refractivity contribution in [1.29, 1.82) is 0 Å². The van der Waals surface area contributed by atoms with Crippen LogP contribution in [0.4, 0.5) is 0 Å². The van der Waals surface area contributed by atoms with Crippen molar-refractivity contribution >= 4 is 0 Å². The summed E-state index contributed by atoms with van der Waals surface area (Å²) in [5.74, 6) is 2.31. The van der Waals surface area contributed by atoms with Crippen LogP contribution in [0.5, 0.6) is 0 Å². The molecule has 0 amide bonds. The molecule has 1 aliphatic rings. The van der Waals surface area contributed by atoms with E-state index in [0.717, 1.165) is 13.1 Å². The topological polar surface area (TPSA) is 40.7 Å². The van der Waals surface area contributed by atoms with Gasteiger partial charge in [0.2, 0.25) is 0 Å². The zero-order chi connectivity index (χ0) is 9.42. The van der Waals surface area contributed by atoms with Gasteiger partial charge in [-0.3, -0.25) is 0 Å². The molecule has 0 spiro atoms. The number of aryl methyl sites for hydroxylation is 1. The molecule has 0 saturated carbocycles. The maximum Gasteiger partial charge on any atom is 0.112 e. The van der Waals surface area contributed by atoms with Gasteiger partial charge in [-0.1, -0.05) is 13.8 Å². The van der Waals surface area contributed by atoms with Crippen LogP contribution < -0.4 is 5.32 Å². The standard InChI is InChI=1S/C10H17N3/c1-6(2)9-7(3)12-10(13-9)8-4-11-5-8/h6,8,11H,4-5H2,1-3H3,(H,12,13). The monoisotopic (exact) mass is 179 g/mol. The highest BCUT2D eigenvalue weighted by Crippen LogP contribution is 2.22. The van der Waals surface area contributed by atoms with Crippen molar-refractivity contribution in [1.82, 2.24) is 15.3 Å². The number of imidazole rings is 1. The molecule has 72 valence electrons. The van der Waals surface area contributed by atoms with Crippen molar-refractivity contribution in [3.63, 3.8) is 0 Å². The molecule has 2 rings (SSSR count). The molecular formula is C10H17N3. The summed E-state index contributed by atoms with van der Waals surface area (Å²) in [6.07, 6.45) is 0. The minimum atomic E-state index is 0.526. The largest absolute Gasteiger partial charge is 0.346 e. The number of hydrogen-bond acceptors (Lipinski definition) is 2. The van der Waals surface area contributed by atoms with Gasteiger partial charge in [-0.2, -0.15) is 0 Å². The number of H-pyrrole nitrogens is 1. The lowest BCUT2D eigenvalue weighted by molar-refractivity contribution is 0.432. The summed E-state index contributed by atoms with van der Waals surface area (Å²) in [5, 5.41) is 3.26. The third kappa shape index (κ3) is 1.48. The fraction of sp³-hybridized carbons (Fsp3) is 0.700. The summed E-state index contributed by atoms with van der Waals surface area (Å²) in [5.41, 5.74) is 2.46. The second-order valence-corrected chi connectivity index (χ2v) is 4.14. The molecule has 0 bridgehead atoms. The molecule has 0 atom stereocenters. The summed E-state index contributed by atoms with van der Waals surface area (Å²) in [6.45, 7) is 8.63. The summed E-state index contributed by atoms with van der Waals surface area (Å²) in [7, 11) is 0. The zero-order valence-corrected chi connectivity index (χ0v) is 8.52. The summed E-state index contributed by atoms with van der Waals surface area (Å²) in [4.78, 5) is 8.01. The van der Waals surface area contributed by atoms with E-state index in [9.17, 15) is 0 Å². The van der Waals surface area contributed by atoms with E-state index in [2.05, 4.69) is 36.1 Å². The van der Waals surface area contributed by atoms with Gasteiger partial charge in [0, 0.05) is 24.7 Å². The Bertz CT molecular complexity index is 297. The van der Waals surface area contributed by atoms with E-state index in [1.54, 1.807) is 0 Å². The van der Waals surface area contributed by atoms with E-state index in [4.69, 9.17) is 0 Å². The smallest absolute Gasteiger partial charge is 0.112 e. The average molecular weight is 179 g/mol. The number of nitrogens with one attached hydrogen (secondary N) is 2. The predicted molar refractivity (Wildman–Crippen MR) is 53.0 cm³/mol. The van der Waals surface area contributed by atoms with Gasteiger partial charge in [0.05, 0.1) is 5.69 Å². The molecule has 13 heavy (non-hydrogen) atoms. The van der Waals surface area contributed by atoms with E-state index in [0.29, 0.717) is 11.8 Å². The first kappa shape index (κ1) is 8.75. The van der Waals surface area contributed by atoms with Crippen LogP contribution in [0.2, 0.25) is 0 Å². The Hall–Kier alpha value is -0.830. The fourth-order valence-corrected chi connectivity index (χ4v) is 1.74. The molecular weight excluding hydrogens is 162 g/mol. The van der Waals surface area contributed by atoms with Gasteiger partial charge in [0.1, 0.15) is 5.82 Å². The predicted octanol–water partition coefficient (Wildman–Crippen LogP) is 1.53. The lowest BCUT2D eigenvalue weighted by atomic mass is 10.0. The normalized spacial score (nSPS) is 17.8. The van der Waals surface area contributed by atoms with E-state index in [1.165, 1.54) is 17.2 Å². The van der Waals surface area contributed by atoms with Crippen molar-refractivity contribution < 1.29 is 0 Å². The number of aromatic nitrogens is 2. The van der Waals surface area contributed by atoms with Gasteiger partial charge in [0.25, 0.3) is 0 Å². The highest BCUT2D eigenvalue weighted by molar-refractivity contribution is 5.19. The highest BCUT2D eigenvalue weighted by atomic mass is 15.0. The molecule has 1 aromatic heterocycles. The molecule has 1 saturated heterocycles. The first-order valence-electron chi connectivity index (χ1n) is 4.95. The van der Waals surface area contributed by atoms with E-state index in [-0.39, 0.29) is 0 Å². The van der Waals surface area contributed by atoms with E-state index >= 15 is 0 Å². The van der Waals surface area contributed by atoms with Gasteiger partial charge in [-0.25, -0.2) is 4.98 Å². The molecule has 1 aromatic rings. The van der Waals surface area contributed by atoms with Crippen molar-refractivity contribution in [2.45, 2.75) is 32.6 Å². The molecule has 1 aliphatic heterocycles. The number of hydrogen-bond donors (Lipinski definition) is 2. The summed E-state index contributed by atoms with van der Waals surface area (Å²) >= 11 is 0. The van der Waals surface area contributed by atoms with Crippen molar-refractivity contribution in [2.75, 3.05) is 13.1 Å². The first-order valence-corrected chi connectivity index (χ1v) is 4.95. The average Bonchev–Trinajstić information content (AvgIpc) is 2.27. The molecule has 0 aliphatic carbocycles. The van der Waals surface area contributed by atoms with Crippen LogP contribution in [0.15, 0.2) is 0 Å². The van der Waals surface area contributed by atoms with E-state index in [1.807, 2.05) is 0 Å². The molecule has 0 unspecified atom stereocenters. The van der Waals surface area contributed by atoms with Crippen molar-refractivity contribution in [3.05, 3.63) is 17.2 Å². The van der Waals surface area contributed by atoms with Gasteiger partial charge in [-0.05, 0) is 12.8 Å². The Kier molecular flexibility index (Phi) is 2.12.